The Bertz CT molecular complexity index is 603. The Morgan fingerprint density at radius 1 is 1.33 bits per heavy atom. The van der Waals surface area contributed by atoms with Gasteiger partial charge in [0.15, 0.2) is 0 Å². The summed E-state index contributed by atoms with van der Waals surface area (Å²) in [6, 6.07) is 4.92. The van der Waals surface area contributed by atoms with Crippen molar-refractivity contribution in [3.63, 3.8) is 0 Å². The van der Waals surface area contributed by atoms with Crippen molar-refractivity contribution in [3.8, 4) is 0 Å². The molecule has 0 fully saturated rings. The molecule has 0 spiro atoms. The first-order chi connectivity index (χ1) is 8.81. The minimum Gasteiger partial charge on any atom is -0.394 e. The lowest BCUT2D eigenvalue weighted by atomic mass is 9.93. The average Bonchev–Trinajstić information content (AvgIpc) is 2.89. The molecule has 0 amide bonds. The molecule has 0 saturated carbocycles. The molecule has 1 aromatic heterocycles. The minimum atomic E-state index is -0.222. The van der Waals surface area contributed by atoms with Crippen molar-refractivity contribution < 1.29 is 9.50 Å². The second-order valence-corrected chi connectivity index (χ2v) is 4.50. The van der Waals surface area contributed by atoms with Crippen LogP contribution in [-0.2, 0) is 0 Å². The Balaban J connectivity index is 2.16. The van der Waals surface area contributed by atoms with Crippen LogP contribution in [0.25, 0.3) is 16.5 Å². The molecule has 0 aliphatic carbocycles. The van der Waals surface area contributed by atoms with Crippen LogP contribution >= 0.6 is 0 Å². The number of hydrogen-bond acceptors (Lipinski definition) is 2. The molecular formula is C14H15FN2O. The number of halogens is 1. The van der Waals surface area contributed by atoms with Crippen molar-refractivity contribution in [1.29, 1.82) is 0 Å². The van der Waals surface area contributed by atoms with E-state index in [0.29, 0.717) is 5.39 Å². The Morgan fingerprint density at radius 2 is 2.22 bits per heavy atom. The van der Waals surface area contributed by atoms with Gasteiger partial charge in [0.05, 0.1) is 18.2 Å². The molecule has 1 aliphatic rings. The topological polar surface area (TPSA) is 48.0 Å². The maximum Gasteiger partial charge on any atom is 0.132 e. The first kappa shape index (κ1) is 11.4. The van der Waals surface area contributed by atoms with Gasteiger partial charge in [0, 0.05) is 17.1 Å². The zero-order valence-electron chi connectivity index (χ0n) is 9.91. The summed E-state index contributed by atoms with van der Waals surface area (Å²) in [5.74, 6) is -0.222. The van der Waals surface area contributed by atoms with Gasteiger partial charge in [-0.3, -0.25) is 0 Å². The lowest BCUT2D eigenvalue weighted by Gasteiger charge is -2.24. The summed E-state index contributed by atoms with van der Waals surface area (Å²) >= 11 is 0. The highest BCUT2D eigenvalue weighted by molar-refractivity contribution is 5.93. The maximum atomic E-state index is 13.6. The summed E-state index contributed by atoms with van der Waals surface area (Å²) in [5, 5.41) is 13.3. The van der Waals surface area contributed by atoms with Crippen LogP contribution in [0.5, 0.6) is 0 Å². The van der Waals surface area contributed by atoms with Crippen molar-refractivity contribution in [2.24, 2.45) is 0 Å². The van der Waals surface area contributed by atoms with E-state index in [2.05, 4.69) is 16.4 Å². The Hall–Kier alpha value is -1.65. The Kier molecular flexibility index (Phi) is 2.89. The molecule has 3 nitrogen and oxygen atoms in total. The van der Waals surface area contributed by atoms with E-state index in [9.17, 15) is 9.50 Å². The van der Waals surface area contributed by atoms with E-state index in [1.807, 2.05) is 0 Å². The van der Waals surface area contributed by atoms with Crippen molar-refractivity contribution in [3.05, 3.63) is 41.9 Å². The van der Waals surface area contributed by atoms with Crippen LogP contribution in [0, 0.1) is 5.82 Å². The zero-order chi connectivity index (χ0) is 12.5. The third-order valence-corrected chi connectivity index (χ3v) is 3.44. The van der Waals surface area contributed by atoms with Crippen molar-refractivity contribution in [2.75, 3.05) is 13.2 Å². The Labute approximate surface area is 104 Å². The fourth-order valence-electron chi connectivity index (χ4n) is 2.56. The molecule has 0 saturated heterocycles. The summed E-state index contributed by atoms with van der Waals surface area (Å²) in [7, 11) is 0. The number of aromatic amines is 1. The van der Waals surface area contributed by atoms with Crippen LogP contribution in [-0.4, -0.2) is 29.3 Å². The van der Waals surface area contributed by atoms with Crippen LogP contribution < -0.4 is 5.32 Å². The van der Waals surface area contributed by atoms with E-state index in [0.717, 1.165) is 29.6 Å². The van der Waals surface area contributed by atoms with E-state index in [1.165, 1.54) is 6.07 Å². The molecule has 1 atom stereocenters. The SMILES string of the molecule is OCC1NCCC=C1c1ccc(F)c2cc[nH]c12. The van der Waals surface area contributed by atoms with Crippen LogP contribution in [0.3, 0.4) is 0 Å². The fraction of sp³-hybridized carbons (Fsp3) is 0.286. The predicted molar refractivity (Wildman–Crippen MR) is 69.7 cm³/mol. The third-order valence-electron chi connectivity index (χ3n) is 3.44. The second-order valence-electron chi connectivity index (χ2n) is 4.50. The minimum absolute atomic E-state index is 0.0470. The highest BCUT2D eigenvalue weighted by atomic mass is 19.1. The number of hydrogen-bond donors (Lipinski definition) is 3. The molecule has 2 heterocycles. The third kappa shape index (κ3) is 1.74. The van der Waals surface area contributed by atoms with Gasteiger partial charge in [0.25, 0.3) is 0 Å². The molecule has 4 heteroatoms. The summed E-state index contributed by atoms with van der Waals surface area (Å²) in [4.78, 5) is 3.08. The van der Waals surface area contributed by atoms with Crippen molar-refractivity contribution in [1.82, 2.24) is 10.3 Å². The van der Waals surface area contributed by atoms with Gasteiger partial charge in [-0.05, 0) is 36.7 Å². The molecule has 18 heavy (non-hydrogen) atoms. The molecule has 1 unspecified atom stereocenters. The highest BCUT2D eigenvalue weighted by Gasteiger charge is 2.20. The van der Waals surface area contributed by atoms with Gasteiger partial charge in [-0.15, -0.1) is 0 Å². The molecule has 1 aromatic carbocycles. The molecule has 3 N–H and O–H groups in total. The number of benzene rings is 1. The van der Waals surface area contributed by atoms with Gasteiger partial charge in [0.2, 0.25) is 0 Å². The van der Waals surface area contributed by atoms with E-state index in [-0.39, 0.29) is 18.5 Å². The number of aromatic nitrogens is 1. The van der Waals surface area contributed by atoms with Crippen LogP contribution in [0.2, 0.25) is 0 Å². The fourth-order valence-corrected chi connectivity index (χ4v) is 2.56. The van der Waals surface area contributed by atoms with Crippen molar-refractivity contribution in [2.45, 2.75) is 12.5 Å². The largest absolute Gasteiger partial charge is 0.394 e. The zero-order valence-corrected chi connectivity index (χ0v) is 9.91. The summed E-state index contributed by atoms with van der Waals surface area (Å²) in [6.45, 7) is 0.912. The standard InChI is InChI=1S/C14H15FN2O/c15-12-4-3-10(14-11(12)5-7-17-14)9-2-1-6-16-13(9)8-18/h2-5,7,13,16-18H,1,6,8H2. The van der Waals surface area contributed by atoms with Crippen LogP contribution in [0.1, 0.15) is 12.0 Å². The number of aliphatic hydroxyl groups is 1. The molecule has 3 rings (SSSR count). The number of nitrogens with one attached hydrogen (secondary N) is 2. The maximum absolute atomic E-state index is 13.6. The van der Waals surface area contributed by atoms with E-state index in [1.54, 1.807) is 18.3 Å². The second kappa shape index (κ2) is 4.55. The normalized spacial score (nSPS) is 20.1. The highest BCUT2D eigenvalue weighted by Crippen LogP contribution is 2.29. The number of aliphatic hydroxyl groups excluding tert-OH is 1. The molecule has 0 bridgehead atoms. The van der Waals surface area contributed by atoms with Gasteiger partial charge in [-0.25, -0.2) is 4.39 Å². The molecule has 2 aromatic rings. The Morgan fingerprint density at radius 3 is 3.06 bits per heavy atom. The number of H-pyrrole nitrogens is 1. The first-order valence-corrected chi connectivity index (χ1v) is 6.11. The van der Waals surface area contributed by atoms with E-state index >= 15 is 0 Å². The van der Waals surface area contributed by atoms with Crippen LogP contribution in [0.4, 0.5) is 4.39 Å². The molecule has 1 aliphatic heterocycles. The molecular weight excluding hydrogens is 231 g/mol. The average molecular weight is 246 g/mol. The van der Waals surface area contributed by atoms with Gasteiger partial charge in [-0.2, -0.15) is 0 Å². The summed E-state index contributed by atoms with van der Waals surface area (Å²) in [5.41, 5.74) is 2.79. The number of rotatable bonds is 2. The first-order valence-electron chi connectivity index (χ1n) is 6.11. The van der Waals surface area contributed by atoms with Gasteiger partial charge < -0.3 is 15.4 Å². The quantitative estimate of drug-likeness (QED) is 0.759. The lowest BCUT2D eigenvalue weighted by molar-refractivity contribution is 0.266. The summed E-state index contributed by atoms with van der Waals surface area (Å²) < 4.78 is 13.6. The van der Waals surface area contributed by atoms with Gasteiger partial charge in [0.1, 0.15) is 5.82 Å². The monoisotopic (exact) mass is 246 g/mol. The molecule has 0 radical (unpaired) electrons. The van der Waals surface area contributed by atoms with E-state index in [4.69, 9.17) is 0 Å². The smallest absolute Gasteiger partial charge is 0.132 e. The van der Waals surface area contributed by atoms with E-state index < -0.39 is 0 Å². The molecule has 94 valence electrons. The summed E-state index contributed by atoms with van der Waals surface area (Å²) in [6.07, 6.45) is 4.78. The number of fused-ring (bicyclic) bond motifs is 1. The van der Waals surface area contributed by atoms with Crippen LogP contribution in [0.15, 0.2) is 30.5 Å². The van der Waals surface area contributed by atoms with Gasteiger partial charge in [-0.1, -0.05) is 6.08 Å². The predicted octanol–water partition coefficient (Wildman–Crippen LogP) is 2.04. The van der Waals surface area contributed by atoms with Crippen molar-refractivity contribution >= 4 is 16.5 Å². The lowest BCUT2D eigenvalue weighted by Crippen LogP contribution is -2.37. The van der Waals surface area contributed by atoms with Gasteiger partial charge >= 0.3 is 0 Å².